The van der Waals surface area contributed by atoms with Crippen molar-refractivity contribution in [1.29, 1.82) is 0 Å². The molecule has 0 heterocycles. The van der Waals surface area contributed by atoms with E-state index in [4.69, 9.17) is 0 Å². The van der Waals surface area contributed by atoms with Crippen LogP contribution in [0.25, 0.3) is 24.3 Å². The number of para-hydroxylation sites is 4. The molecule has 0 fully saturated rings. The predicted octanol–water partition coefficient (Wildman–Crippen LogP) is 14.5. The Bertz CT molecular complexity index is 2300. The molecule has 0 N–H and O–H groups in total. The summed E-state index contributed by atoms with van der Waals surface area (Å²) in [6.45, 7) is 8.80. The molecule has 0 bridgehead atoms. The zero-order chi connectivity index (χ0) is 36.6. The van der Waals surface area contributed by atoms with Gasteiger partial charge in [-0.15, -0.1) is 0 Å². The molecule has 0 aliphatic heterocycles. The second-order valence-electron chi connectivity index (χ2n) is 13.5. The summed E-state index contributed by atoms with van der Waals surface area (Å²) in [6.07, 6.45) is 9.71. The van der Waals surface area contributed by atoms with E-state index in [1.54, 1.807) is 0 Å². The van der Waals surface area contributed by atoms with Gasteiger partial charge in [-0.1, -0.05) is 153 Å². The molecule has 0 aliphatic rings. The third kappa shape index (κ3) is 8.08. The predicted molar refractivity (Wildman–Crippen MR) is 230 cm³/mol. The number of hydrogen-bond acceptors (Lipinski definition) is 2. The monoisotopic (exact) mass is 686 g/mol. The number of nitrogens with zero attached hydrogens (tertiary/aromatic N) is 2. The van der Waals surface area contributed by atoms with Gasteiger partial charge < -0.3 is 9.80 Å². The summed E-state index contributed by atoms with van der Waals surface area (Å²) in [5.41, 5.74) is 16.9. The minimum atomic E-state index is 0.978. The maximum Gasteiger partial charge on any atom is 0.0522 e. The van der Waals surface area contributed by atoms with Crippen LogP contribution in [0.5, 0.6) is 0 Å². The summed E-state index contributed by atoms with van der Waals surface area (Å²) in [6, 6.07) is 60.7. The first-order valence-corrected chi connectivity index (χ1v) is 18.5. The lowest BCUT2D eigenvalue weighted by Crippen LogP contribution is -2.13. The van der Waals surface area contributed by atoms with Crippen LogP contribution in [-0.4, -0.2) is 0 Å². The van der Waals surface area contributed by atoms with Crippen LogP contribution in [0, 0.1) is 20.8 Å². The standard InChI is InChI=1S/C51H46N2/c1-5-45-17-13-16-40(4)51(45)53(47-20-10-7-11-21-47)49-36-32-44(33-37-49)29-27-42-24-22-41(23-25-42)26-28-43-30-34-48(35-31-43)52(46-18-8-6-9-19-46)50-38(2)14-12-15-39(50)3/h6-37H,5H2,1-4H3. The zero-order valence-electron chi connectivity index (χ0n) is 31.1. The maximum absolute atomic E-state index is 2.38. The van der Waals surface area contributed by atoms with Gasteiger partial charge in [-0.3, -0.25) is 0 Å². The van der Waals surface area contributed by atoms with Gasteiger partial charge in [0.05, 0.1) is 11.4 Å². The Balaban J connectivity index is 1.04. The van der Waals surface area contributed by atoms with Gasteiger partial charge in [-0.05, 0) is 120 Å². The fourth-order valence-corrected chi connectivity index (χ4v) is 7.02. The van der Waals surface area contributed by atoms with Crippen molar-refractivity contribution in [3.63, 3.8) is 0 Å². The van der Waals surface area contributed by atoms with Gasteiger partial charge in [0, 0.05) is 22.7 Å². The molecule has 7 aromatic carbocycles. The molecule has 53 heavy (non-hydrogen) atoms. The quantitative estimate of drug-likeness (QED) is 0.125. The Labute approximate surface area is 315 Å². The lowest BCUT2D eigenvalue weighted by Gasteiger charge is -2.29. The smallest absolute Gasteiger partial charge is 0.0522 e. The van der Waals surface area contributed by atoms with E-state index in [2.05, 4.69) is 232 Å². The molecule has 0 unspecified atom stereocenters. The van der Waals surface area contributed by atoms with Gasteiger partial charge in [0.1, 0.15) is 0 Å². The molecule has 0 radical (unpaired) electrons. The number of rotatable bonds is 11. The van der Waals surface area contributed by atoms with Crippen molar-refractivity contribution in [3.8, 4) is 0 Å². The van der Waals surface area contributed by atoms with Gasteiger partial charge >= 0.3 is 0 Å². The fourth-order valence-electron chi connectivity index (χ4n) is 7.02. The highest BCUT2D eigenvalue weighted by Crippen LogP contribution is 2.40. The molecule has 7 aromatic rings. The van der Waals surface area contributed by atoms with Crippen LogP contribution >= 0.6 is 0 Å². The fraction of sp³-hybridized carbons (Fsp3) is 0.0980. The average Bonchev–Trinajstić information content (AvgIpc) is 3.20. The van der Waals surface area contributed by atoms with Crippen molar-refractivity contribution < 1.29 is 0 Å². The molecule has 2 nitrogen and oxygen atoms in total. The van der Waals surface area contributed by atoms with E-state index >= 15 is 0 Å². The topological polar surface area (TPSA) is 6.48 Å². The first-order chi connectivity index (χ1) is 26.0. The largest absolute Gasteiger partial charge is 0.310 e. The molecular weight excluding hydrogens is 641 g/mol. The van der Waals surface area contributed by atoms with E-state index in [0.29, 0.717) is 0 Å². The average molecular weight is 687 g/mol. The van der Waals surface area contributed by atoms with Crippen molar-refractivity contribution in [3.05, 3.63) is 214 Å². The Morgan fingerprint density at radius 1 is 0.340 bits per heavy atom. The Morgan fingerprint density at radius 2 is 0.660 bits per heavy atom. The summed E-state index contributed by atoms with van der Waals surface area (Å²) in [5, 5.41) is 0. The van der Waals surface area contributed by atoms with Crippen molar-refractivity contribution in [2.75, 3.05) is 9.80 Å². The van der Waals surface area contributed by atoms with Crippen LogP contribution in [-0.2, 0) is 6.42 Å². The second-order valence-corrected chi connectivity index (χ2v) is 13.5. The van der Waals surface area contributed by atoms with E-state index < -0.39 is 0 Å². The first-order valence-electron chi connectivity index (χ1n) is 18.5. The number of hydrogen-bond donors (Lipinski definition) is 0. The van der Waals surface area contributed by atoms with Gasteiger partial charge in [-0.25, -0.2) is 0 Å². The highest BCUT2D eigenvalue weighted by atomic mass is 15.2. The Morgan fingerprint density at radius 3 is 1.06 bits per heavy atom. The Kier molecular flexibility index (Phi) is 10.8. The summed E-state index contributed by atoms with van der Waals surface area (Å²) in [7, 11) is 0. The first kappa shape index (κ1) is 35.0. The van der Waals surface area contributed by atoms with Crippen molar-refractivity contribution in [2.45, 2.75) is 34.1 Å². The maximum atomic E-state index is 2.38. The number of benzene rings is 7. The van der Waals surface area contributed by atoms with Crippen molar-refractivity contribution in [2.24, 2.45) is 0 Å². The molecule has 0 amide bonds. The van der Waals surface area contributed by atoms with Crippen molar-refractivity contribution >= 4 is 58.4 Å². The molecule has 0 saturated heterocycles. The molecule has 0 aromatic heterocycles. The summed E-state index contributed by atoms with van der Waals surface area (Å²) < 4.78 is 0. The van der Waals surface area contributed by atoms with Crippen LogP contribution in [0.1, 0.15) is 51.4 Å². The molecular formula is C51H46N2. The highest BCUT2D eigenvalue weighted by Gasteiger charge is 2.18. The third-order valence-electron chi connectivity index (χ3n) is 9.79. The normalized spacial score (nSPS) is 11.3. The lowest BCUT2D eigenvalue weighted by molar-refractivity contribution is 1.10. The third-order valence-corrected chi connectivity index (χ3v) is 9.79. The molecule has 260 valence electrons. The second kappa shape index (κ2) is 16.3. The molecule has 7 rings (SSSR count). The zero-order valence-corrected chi connectivity index (χ0v) is 31.1. The van der Waals surface area contributed by atoms with E-state index in [9.17, 15) is 0 Å². The van der Waals surface area contributed by atoms with Gasteiger partial charge in [-0.2, -0.15) is 0 Å². The van der Waals surface area contributed by atoms with Crippen molar-refractivity contribution in [1.82, 2.24) is 0 Å². The molecule has 0 aliphatic carbocycles. The van der Waals surface area contributed by atoms with E-state index in [0.717, 1.165) is 40.3 Å². The molecule has 0 spiro atoms. The van der Waals surface area contributed by atoms with E-state index in [1.165, 1.54) is 44.8 Å². The SMILES string of the molecule is CCc1cccc(C)c1N(c1ccccc1)c1ccc(C=Cc2ccc(C=Cc3ccc(N(c4ccccc4)c4c(C)cccc4C)cc3)cc2)cc1. The minimum absolute atomic E-state index is 0.978. The van der Waals surface area contributed by atoms with Crippen LogP contribution in [0.3, 0.4) is 0 Å². The minimum Gasteiger partial charge on any atom is -0.310 e. The van der Waals surface area contributed by atoms with Gasteiger partial charge in [0.25, 0.3) is 0 Å². The molecule has 0 atom stereocenters. The van der Waals surface area contributed by atoms with Gasteiger partial charge in [0.2, 0.25) is 0 Å². The molecule has 2 heteroatoms. The van der Waals surface area contributed by atoms with E-state index in [1.807, 2.05) is 0 Å². The summed E-state index contributed by atoms with van der Waals surface area (Å²) in [5.74, 6) is 0. The van der Waals surface area contributed by atoms with Gasteiger partial charge in [0.15, 0.2) is 0 Å². The summed E-state index contributed by atoms with van der Waals surface area (Å²) in [4.78, 5) is 4.74. The highest BCUT2D eigenvalue weighted by molar-refractivity contribution is 5.83. The van der Waals surface area contributed by atoms with E-state index in [-0.39, 0.29) is 0 Å². The summed E-state index contributed by atoms with van der Waals surface area (Å²) >= 11 is 0. The number of anilines is 6. The molecule has 0 saturated carbocycles. The van der Waals surface area contributed by atoms with Crippen LogP contribution in [0.15, 0.2) is 170 Å². The lowest BCUT2D eigenvalue weighted by atomic mass is 10.0. The van der Waals surface area contributed by atoms with Crippen LogP contribution < -0.4 is 9.80 Å². The Hall–Kier alpha value is -6.38. The van der Waals surface area contributed by atoms with Crippen LogP contribution in [0.2, 0.25) is 0 Å². The number of aryl methyl sites for hydroxylation is 4. The van der Waals surface area contributed by atoms with Crippen LogP contribution in [0.4, 0.5) is 34.1 Å².